The second kappa shape index (κ2) is 10.6. The van der Waals surface area contributed by atoms with Gasteiger partial charge >= 0.3 is 0 Å². The van der Waals surface area contributed by atoms with Crippen LogP contribution in [0.15, 0.2) is 59.0 Å². The lowest BCUT2D eigenvalue weighted by Gasteiger charge is -2.44. The highest BCUT2D eigenvalue weighted by atomic mass is 32.1. The van der Waals surface area contributed by atoms with Crippen LogP contribution in [0.4, 0.5) is 0 Å². The zero-order valence-corrected chi connectivity index (χ0v) is 23.8. The maximum absolute atomic E-state index is 11.2. The molecule has 1 heterocycles. The Hall–Kier alpha value is -1.46. The number of hydrogen-bond acceptors (Lipinski definition) is 4. The number of aliphatic hydroxyl groups is 3. The third-order valence-corrected chi connectivity index (χ3v) is 11.6. The monoisotopic (exact) mass is 522 g/mol. The normalized spacial score (nSPS) is 37.3. The summed E-state index contributed by atoms with van der Waals surface area (Å²) >= 11 is 1.82. The number of allylic oxidation sites excluding steroid dienone is 4. The Labute approximate surface area is 227 Å². The minimum absolute atomic E-state index is 0.0467. The molecule has 3 N–H and O–H groups in total. The van der Waals surface area contributed by atoms with E-state index < -0.39 is 18.3 Å². The van der Waals surface area contributed by atoms with Gasteiger partial charge in [-0.15, -0.1) is 11.3 Å². The van der Waals surface area contributed by atoms with Crippen LogP contribution in [0.3, 0.4) is 0 Å². The zero-order chi connectivity index (χ0) is 26.4. The van der Waals surface area contributed by atoms with Gasteiger partial charge in [0.1, 0.15) is 0 Å². The Balaban J connectivity index is 1.28. The molecule has 202 valence electrons. The van der Waals surface area contributed by atoms with Crippen molar-refractivity contribution in [2.75, 3.05) is 0 Å². The van der Waals surface area contributed by atoms with Crippen molar-refractivity contribution in [1.82, 2.24) is 0 Å². The first-order valence-corrected chi connectivity index (χ1v) is 15.4. The summed E-state index contributed by atoms with van der Waals surface area (Å²) in [7, 11) is 0. The molecule has 3 nitrogen and oxygen atoms in total. The van der Waals surface area contributed by atoms with Crippen LogP contribution >= 0.6 is 11.3 Å². The van der Waals surface area contributed by atoms with Crippen molar-refractivity contribution in [2.24, 2.45) is 23.2 Å². The van der Waals surface area contributed by atoms with Crippen LogP contribution in [0, 0.1) is 23.2 Å². The number of thiophene rings is 1. The van der Waals surface area contributed by atoms with Gasteiger partial charge in [0.25, 0.3) is 0 Å². The average molecular weight is 523 g/mol. The van der Waals surface area contributed by atoms with Gasteiger partial charge in [0.05, 0.1) is 18.3 Å². The summed E-state index contributed by atoms with van der Waals surface area (Å²) in [4.78, 5) is 1.36. The Morgan fingerprint density at radius 2 is 1.95 bits per heavy atom. The number of fused-ring (bicyclic) bond motifs is 1. The molecule has 0 saturated heterocycles. The first-order chi connectivity index (χ1) is 17.7. The third-order valence-electron chi connectivity index (χ3n) is 10.4. The summed E-state index contributed by atoms with van der Waals surface area (Å²) in [6.07, 6.45) is 17.6. The van der Waals surface area contributed by atoms with Gasteiger partial charge in [-0.1, -0.05) is 57.2 Å². The molecule has 0 bridgehead atoms. The van der Waals surface area contributed by atoms with E-state index in [4.69, 9.17) is 0 Å². The fourth-order valence-corrected chi connectivity index (χ4v) is 9.14. The molecule has 5 rings (SSSR count). The van der Waals surface area contributed by atoms with Crippen LogP contribution in [0.5, 0.6) is 0 Å². The van der Waals surface area contributed by atoms with Gasteiger partial charge in [-0.2, -0.15) is 0 Å². The second-order valence-corrected chi connectivity index (χ2v) is 13.6. The third kappa shape index (κ3) is 5.12. The van der Waals surface area contributed by atoms with Crippen molar-refractivity contribution >= 4 is 11.3 Å². The number of aliphatic hydroxyl groups excluding tert-OH is 3. The van der Waals surface area contributed by atoms with E-state index in [0.29, 0.717) is 30.6 Å². The van der Waals surface area contributed by atoms with E-state index in [-0.39, 0.29) is 10.8 Å². The molecule has 0 unspecified atom stereocenters. The van der Waals surface area contributed by atoms with E-state index in [0.717, 1.165) is 36.8 Å². The fraction of sp³-hybridized carbons (Fsp3) is 0.636. The number of hydrogen-bond donors (Lipinski definition) is 3. The van der Waals surface area contributed by atoms with Gasteiger partial charge < -0.3 is 15.3 Å². The highest BCUT2D eigenvalue weighted by Gasteiger charge is 2.52. The standard InChI is InChI=1S/C33H46O3S/c1-5-23-17-31(37-20-23)33(15-16-33)30(36)13-8-21(2)27-11-12-28-24(7-6-14-32(27,28)4)9-10-25-18-26(34)19-29(35)22(25)3/h8-10,13,17,20-21,26-30,34-36H,3,5-7,11-12,14-16,18-19H2,1-2,4H3/t21-,26-,27-,28+,29+,30-,32-/m1/s1. The lowest BCUT2D eigenvalue weighted by Crippen LogP contribution is -2.35. The molecule has 4 aliphatic carbocycles. The molecule has 37 heavy (non-hydrogen) atoms. The lowest BCUT2D eigenvalue weighted by atomic mass is 9.61. The summed E-state index contributed by atoms with van der Waals surface area (Å²) in [5.41, 5.74) is 4.91. The lowest BCUT2D eigenvalue weighted by molar-refractivity contribution is 0.0862. The first-order valence-electron chi connectivity index (χ1n) is 14.6. The fourth-order valence-electron chi connectivity index (χ4n) is 7.85. The van der Waals surface area contributed by atoms with Crippen LogP contribution in [0.25, 0.3) is 0 Å². The molecule has 1 aromatic rings. The highest BCUT2D eigenvalue weighted by Crippen LogP contribution is 2.60. The van der Waals surface area contributed by atoms with Gasteiger partial charge in [-0.05, 0) is 109 Å². The molecule has 4 fully saturated rings. The smallest absolute Gasteiger partial charge is 0.0825 e. The predicted octanol–water partition coefficient (Wildman–Crippen LogP) is 7.04. The van der Waals surface area contributed by atoms with E-state index >= 15 is 0 Å². The van der Waals surface area contributed by atoms with Crippen LogP contribution in [0.2, 0.25) is 0 Å². The largest absolute Gasteiger partial charge is 0.393 e. The van der Waals surface area contributed by atoms with Crippen LogP contribution < -0.4 is 0 Å². The summed E-state index contributed by atoms with van der Waals surface area (Å²) in [5, 5.41) is 33.8. The highest BCUT2D eigenvalue weighted by molar-refractivity contribution is 7.10. The quantitative estimate of drug-likeness (QED) is 0.337. The van der Waals surface area contributed by atoms with E-state index in [9.17, 15) is 15.3 Å². The van der Waals surface area contributed by atoms with Crippen molar-refractivity contribution in [2.45, 2.75) is 109 Å². The number of rotatable bonds is 7. The van der Waals surface area contributed by atoms with Crippen LogP contribution in [0.1, 0.15) is 89.0 Å². The van der Waals surface area contributed by atoms with Gasteiger partial charge in [0.15, 0.2) is 0 Å². The van der Waals surface area contributed by atoms with Crippen molar-refractivity contribution in [3.63, 3.8) is 0 Å². The van der Waals surface area contributed by atoms with Gasteiger partial charge in [-0.25, -0.2) is 0 Å². The molecule has 0 aromatic carbocycles. The van der Waals surface area contributed by atoms with E-state index in [1.165, 1.54) is 41.7 Å². The van der Waals surface area contributed by atoms with Crippen LogP contribution in [-0.2, 0) is 11.8 Å². The average Bonchev–Trinajstić information content (AvgIpc) is 3.39. The molecule has 4 aliphatic rings. The SMILES string of the molecule is C=C1C(=CC=C2CCC[C@]3(C)[C@@H]([C@H](C)C=C[C@@H](O)C4(c5cc(CC)cs5)CC4)CC[C@@H]23)C[C@@H](O)C[C@@H]1O. The molecule has 7 atom stereocenters. The van der Waals surface area contributed by atoms with Crippen molar-refractivity contribution < 1.29 is 15.3 Å². The topological polar surface area (TPSA) is 60.7 Å². The zero-order valence-electron chi connectivity index (χ0n) is 23.0. The minimum atomic E-state index is -0.632. The van der Waals surface area contributed by atoms with Gasteiger partial charge in [0.2, 0.25) is 0 Å². The maximum atomic E-state index is 11.2. The van der Waals surface area contributed by atoms with Gasteiger partial charge in [-0.3, -0.25) is 0 Å². The minimum Gasteiger partial charge on any atom is -0.393 e. The number of aryl methyl sites for hydroxylation is 1. The molecule has 4 saturated carbocycles. The summed E-state index contributed by atoms with van der Waals surface area (Å²) < 4.78 is 0. The molecular formula is C33H46O3S. The van der Waals surface area contributed by atoms with E-state index in [2.05, 4.69) is 63.1 Å². The molecule has 4 heteroatoms. The van der Waals surface area contributed by atoms with Gasteiger partial charge in [0, 0.05) is 16.7 Å². The second-order valence-electron chi connectivity index (χ2n) is 12.7. The molecule has 0 amide bonds. The first kappa shape index (κ1) is 27.1. The Morgan fingerprint density at radius 1 is 1.16 bits per heavy atom. The van der Waals surface area contributed by atoms with Crippen molar-refractivity contribution in [1.29, 1.82) is 0 Å². The summed E-state index contributed by atoms with van der Waals surface area (Å²) in [6.45, 7) is 11.1. The van der Waals surface area contributed by atoms with Crippen molar-refractivity contribution in [3.8, 4) is 0 Å². The summed E-state index contributed by atoms with van der Waals surface area (Å²) in [5.74, 6) is 1.65. The molecule has 0 radical (unpaired) electrons. The Bertz CT molecular complexity index is 1090. The molecule has 0 spiro atoms. The predicted molar refractivity (Wildman–Crippen MR) is 154 cm³/mol. The maximum Gasteiger partial charge on any atom is 0.0825 e. The molecular weight excluding hydrogens is 476 g/mol. The summed E-state index contributed by atoms with van der Waals surface area (Å²) in [6, 6.07) is 2.32. The van der Waals surface area contributed by atoms with E-state index in [1.54, 1.807) is 0 Å². The molecule has 1 aromatic heterocycles. The molecule has 0 aliphatic heterocycles. The van der Waals surface area contributed by atoms with Crippen molar-refractivity contribution in [3.05, 3.63) is 69.5 Å². The Morgan fingerprint density at radius 3 is 2.65 bits per heavy atom. The van der Waals surface area contributed by atoms with Crippen LogP contribution in [-0.4, -0.2) is 33.6 Å². The Kier molecular flexibility index (Phi) is 7.77. The van der Waals surface area contributed by atoms with E-state index in [1.807, 2.05) is 11.3 Å².